The maximum Gasteiger partial charge on any atom is 0.260 e. The van der Waals surface area contributed by atoms with Crippen LogP contribution < -0.4 is 10.5 Å². The lowest BCUT2D eigenvalue weighted by molar-refractivity contribution is -0.132. The third-order valence-corrected chi connectivity index (χ3v) is 5.18. The van der Waals surface area contributed by atoms with Crippen LogP contribution in [0.25, 0.3) is 0 Å². The van der Waals surface area contributed by atoms with Crippen molar-refractivity contribution in [3.63, 3.8) is 0 Å². The zero-order valence-corrected chi connectivity index (χ0v) is 17.8. The van der Waals surface area contributed by atoms with Gasteiger partial charge in [-0.1, -0.05) is 48.5 Å². The Kier molecular flexibility index (Phi) is 9.98. The topological polar surface area (TPSA) is 58.8 Å². The highest BCUT2D eigenvalue weighted by Gasteiger charge is 2.19. The van der Waals surface area contributed by atoms with Crippen LogP contribution in [0.15, 0.2) is 54.6 Å². The van der Waals surface area contributed by atoms with Gasteiger partial charge in [0.25, 0.3) is 5.91 Å². The van der Waals surface area contributed by atoms with E-state index >= 15 is 0 Å². The number of nitrogens with zero attached hydrogens (tertiary/aromatic N) is 2. The largest absolute Gasteiger partial charge is 0.483 e. The quantitative estimate of drug-likeness (QED) is 0.645. The smallest absolute Gasteiger partial charge is 0.260 e. The van der Waals surface area contributed by atoms with E-state index in [0.717, 1.165) is 63.3 Å². The number of ether oxygens (including phenoxy) is 1. The number of halogens is 1. The van der Waals surface area contributed by atoms with Gasteiger partial charge in [0.05, 0.1) is 0 Å². The van der Waals surface area contributed by atoms with Crippen molar-refractivity contribution in [1.82, 2.24) is 9.80 Å². The fourth-order valence-electron chi connectivity index (χ4n) is 3.60. The van der Waals surface area contributed by atoms with Crippen LogP contribution in [-0.2, 0) is 17.8 Å². The van der Waals surface area contributed by atoms with Crippen molar-refractivity contribution in [1.29, 1.82) is 0 Å². The van der Waals surface area contributed by atoms with Crippen molar-refractivity contribution in [2.45, 2.75) is 25.8 Å². The molecule has 2 N–H and O–H groups in total. The molecule has 0 aromatic heterocycles. The highest BCUT2D eigenvalue weighted by molar-refractivity contribution is 5.85. The highest BCUT2D eigenvalue weighted by Crippen LogP contribution is 2.20. The van der Waals surface area contributed by atoms with Gasteiger partial charge in [0.15, 0.2) is 6.61 Å². The molecular formula is C23H32ClN3O2. The second-order valence-electron chi connectivity index (χ2n) is 7.28. The Balaban J connectivity index is 0.00000300. The van der Waals surface area contributed by atoms with Gasteiger partial charge in [0.1, 0.15) is 5.75 Å². The van der Waals surface area contributed by atoms with Crippen molar-refractivity contribution in [2.75, 3.05) is 39.3 Å². The number of likely N-dealkylation sites (tertiary alicyclic amines) is 1. The van der Waals surface area contributed by atoms with E-state index in [4.69, 9.17) is 10.5 Å². The zero-order chi connectivity index (χ0) is 19.6. The van der Waals surface area contributed by atoms with Crippen LogP contribution in [0.3, 0.4) is 0 Å². The predicted octanol–water partition coefficient (Wildman–Crippen LogP) is 3.11. The molecule has 0 bridgehead atoms. The number of carbonyl (C=O) groups is 1. The maximum atomic E-state index is 12.3. The van der Waals surface area contributed by atoms with Gasteiger partial charge < -0.3 is 15.4 Å². The molecule has 6 heteroatoms. The highest BCUT2D eigenvalue weighted by atomic mass is 35.5. The molecule has 0 aliphatic carbocycles. The van der Waals surface area contributed by atoms with Crippen LogP contribution in [0.1, 0.15) is 24.0 Å². The standard InChI is InChI=1S/C23H31N3O2.ClH/c24-13-17-25(16-12-20-8-2-1-3-9-20)18-21-10-4-5-11-22(21)28-19-23(27)26-14-6-7-15-26;/h1-5,8-11H,6-7,12-19,24H2;1H. The van der Waals surface area contributed by atoms with Crippen LogP contribution in [-0.4, -0.2) is 55.0 Å². The predicted molar refractivity (Wildman–Crippen MR) is 119 cm³/mol. The summed E-state index contributed by atoms with van der Waals surface area (Å²) in [7, 11) is 0. The first-order chi connectivity index (χ1) is 13.8. The van der Waals surface area contributed by atoms with E-state index in [1.807, 2.05) is 29.2 Å². The van der Waals surface area contributed by atoms with E-state index in [0.29, 0.717) is 6.54 Å². The average Bonchev–Trinajstić information content (AvgIpc) is 3.27. The molecule has 1 saturated heterocycles. The Morgan fingerprint density at radius 2 is 1.69 bits per heavy atom. The molecule has 0 radical (unpaired) electrons. The number of rotatable bonds is 10. The average molecular weight is 418 g/mol. The summed E-state index contributed by atoms with van der Waals surface area (Å²) in [5.74, 6) is 0.868. The van der Waals surface area contributed by atoms with Crippen LogP contribution in [0.4, 0.5) is 0 Å². The summed E-state index contributed by atoms with van der Waals surface area (Å²) in [4.78, 5) is 16.5. The van der Waals surface area contributed by atoms with Gasteiger partial charge in [-0.2, -0.15) is 0 Å². The van der Waals surface area contributed by atoms with Crippen molar-refractivity contribution in [3.8, 4) is 5.75 Å². The first-order valence-corrected chi connectivity index (χ1v) is 10.2. The van der Waals surface area contributed by atoms with E-state index in [9.17, 15) is 4.79 Å². The van der Waals surface area contributed by atoms with Gasteiger partial charge >= 0.3 is 0 Å². The number of hydrogen-bond acceptors (Lipinski definition) is 4. The molecule has 1 fully saturated rings. The second kappa shape index (κ2) is 12.5. The number of amides is 1. The van der Waals surface area contributed by atoms with Crippen LogP contribution in [0.5, 0.6) is 5.75 Å². The molecule has 1 aliphatic heterocycles. The van der Waals surface area contributed by atoms with Crippen LogP contribution >= 0.6 is 12.4 Å². The normalized spacial score (nSPS) is 13.4. The van der Waals surface area contributed by atoms with Crippen LogP contribution in [0.2, 0.25) is 0 Å². The Hall–Kier alpha value is -2.08. The fourth-order valence-corrected chi connectivity index (χ4v) is 3.60. The minimum atomic E-state index is 0. The molecular weight excluding hydrogens is 386 g/mol. The van der Waals surface area contributed by atoms with Crippen molar-refractivity contribution in [2.24, 2.45) is 5.73 Å². The first kappa shape index (κ1) is 23.2. The molecule has 1 aliphatic rings. The molecule has 158 valence electrons. The third-order valence-electron chi connectivity index (χ3n) is 5.18. The zero-order valence-electron chi connectivity index (χ0n) is 17.0. The molecule has 2 aromatic rings. The Morgan fingerprint density at radius 1 is 1.00 bits per heavy atom. The Labute approximate surface area is 180 Å². The lowest BCUT2D eigenvalue weighted by Gasteiger charge is -2.23. The minimum Gasteiger partial charge on any atom is -0.483 e. The fraction of sp³-hybridized carbons (Fsp3) is 0.435. The van der Waals surface area contributed by atoms with E-state index in [2.05, 4.69) is 35.2 Å². The van der Waals surface area contributed by atoms with Crippen molar-refractivity contribution < 1.29 is 9.53 Å². The SMILES string of the molecule is Cl.NCCN(CCc1ccccc1)Cc1ccccc1OCC(=O)N1CCCC1. The van der Waals surface area contributed by atoms with Gasteiger partial charge in [-0.3, -0.25) is 9.69 Å². The molecule has 1 heterocycles. The number of para-hydroxylation sites is 1. The molecule has 29 heavy (non-hydrogen) atoms. The van der Waals surface area contributed by atoms with E-state index < -0.39 is 0 Å². The van der Waals surface area contributed by atoms with Crippen LogP contribution in [0, 0.1) is 0 Å². The summed E-state index contributed by atoms with van der Waals surface area (Å²) < 4.78 is 5.90. The lowest BCUT2D eigenvalue weighted by Crippen LogP contribution is -2.33. The summed E-state index contributed by atoms with van der Waals surface area (Å²) in [6.45, 7) is 4.96. The van der Waals surface area contributed by atoms with Gasteiger partial charge in [0.2, 0.25) is 0 Å². The maximum absolute atomic E-state index is 12.3. The molecule has 0 saturated carbocycles. The van der Waals surface area contributed by atoms with Gasteiger partial charge in [-0.05, 0) is 30.9 Å². The molecule has 0 unspecified atom stereocenters. The van der Waals surface area contributed by atoms with Gasteiger partial charge in [0, 0.05) is 44.8 Å². The second-order valence-corrected chi connectivity index (χ2v) is 7.28. The molecule has 0 atom stereocenters. The summed E-state index contributed by atoms with van der Waals surface area (Å²) >= 11 is 0. The number of hydrogen-bond donors (Lipinski definition) is 1. The summed E-state index contributed by atoms with van der Waals surface area (Å²) in [6, 6.07) is 18.5. The Morgan fingerprint density at radius 3 is 2.41 bits per heavy atom. The third kappa shape index (κ3) is 7.35. The van der Waals surface area contributed by atoms with E-state index in [1.165, 1.54) is 5.56 Å². The molecule has 2 aromatic carbocycles. The Bertz CT molecular complexity index is 736. The molecule has 3 rings (SSSR count). The number of benzene rings is 2. The van der Waals surface area contributed by atoms with E-state index in [1.54, 1.807) is 0 Å². The number of carbonyl (C=O) groups excluding carboxylic acids is 1. The van der Waals surface area contributed by atoms with Crippen molar-refractivity contribution in [3.05, 3.63) is 65.7 Å². The summed E-state index contributed by atoms with van der Waals surface area (Å²) in [5, 5.41) is 0. The lowest BCUT2D eigenvalue weighted by atomic mass is 10.1. The molecule has 1 amide bonds. The molecule has 5 nitrogen and oxygen atoms in total. The molecule has 0 spiro atoms. The summed E-state index contributed by atoms with van der Waals surface area (Å²) in [5.41, 5.74) is 8.26. The summed E-state index contributed by atoms with van der Waals surface area (Å²) in [6.07, 6.45) is 3.17. The van der Waals surface area contributed by atoms with Gasteiger partial charge in [-0.25, -0.2) is 0 Å². The monoisotopic (exact) mass is 417 g/mol. The van der Waals surface area contributed by atoms with Crippen molar-refractivity contribution >= 4 is 18.3 Å². The van der Waals surface area contributed by atoms with Gasteiger partial charge in [-0.15, -0.1) is 12.4 Å². The number of nitrogens with two attached hydrogens (primary N) is 1. The first-order valence-electron chi connectivity index (χ1n) is 10.2. The minimum absolute atomic E-state index is 0. The van der Waals surface area contributed by atoms with E-state index in [-0.39, 0.29) is 24.9 Å².